The van der Waals surface area contributed by atoms with Crippen molar-refractivity contribution < 1.29 is 9.53 Å². The lowest BCUT2D eigenvalue weighted by atomic mass is 9.82. The van der Waals surface area contributed by atoms with Crippen LogP contribution in [0, 0.1) is 19.8 Å². The largest absolute Gasteiger partial charge is 0.369 e. The maximum Gasteiger partial charge on any atom is 0.143 e. The number of ether oxygens (including phenoxy) is 1. The Morgan fingerprint density at radius 1 is 1.35 bits per heavy atom. The Balaban J connectivity index is 2.21. The quantitative estimate of drug-likeness (QED) is 0.854. The molecule has 1 unspecified atom stereocenters. The van der Waals surface area contributed by atoms with Gasteiger partial charge in [-0.15, -0.1) is 0 Å². The summed E-state index contributed by atoms with van der Waals surface area (Å²) in [5.41, 5.74) is 2.49. The highest BCUT2D eigenvalue weighted by Crippen LogP contribution is 2.42. The first kappa shape index (κ1) is 15.2. The van der Waals surface area contributed by atoms with Crippen molar-refractivity contribution >= 4 is 5.78 Å². The minimum absolute atomic E-state index is 0.0449. The Hall–Kier alpha value is -1.16. The van der Waals surface area contributed by atoms with Crippen LogP contribution in [0.1, 0.15) is 51.1 Å². The van der Waals surface area contributed by atoms with E-state index in [0.29, 0.717) is 6.42 Å². The Morgan fingerprint density at radius 2 is 1.95 bits per heavy atom. The lowest BCUT2D eigenvalue weighted by Gasteiger charge is -2.26. The molecule has 1 aliphatic rings. The van der Waals surface area contributed by atoms with E-state index in [2.05, 4.69) is 18.9 Å². The molecule has 0 aromatic carbocycles. The highest BCUT2D eigenvalue weighted by molar-refractivity contribution is 5.85. The van der Waals surface area contributed by atoms with E-state index in [0.717, 1.165) is 23.4 Å². The van der Waals surface area contributed by atoms with E-state index >= 15 is 0 Å². The van der Waals surface area contributed by atoms with Gasteiger partial charge in [0.05, 0.1) is 16.9 Å². The Labute approximate surface area is 121 Å². The molecular formula is C16H26N2O2. The van der Waals surface area contributed by atoms with Crippen molar-refractivity contribution in [3.8, 4) is 0 Å². The number of rotatable bonds is 3. The molecule has 4 heteroatoms. The fourth-order valence-corrected chi connectivity index (χ4v) is 3.43. The highest BCUT2D eigenvalue weighted by Gasteiger charge is 2.48. The predicted molar refractivity (Wildman–Crippen MR) is 78.7 cm³/mol. The summed E-state index contributed by atoms with van der Waals surface area (Å²) < 4.78 is 7.88. The van der Waals surface area contributed by atoms with E-state index in [9.17, 15) is 4.79 Å². The number of nitrogens with zero attached hydrogens (tertiary/aromatic N) is 2. The predicted octanol–water partition coefficient (Wildman–Crippen LogP) is 2.74. The smallest absolute Gasteiger partial charge is 0.143 e. The Bertz CT molecular complexity index is 541. The van der Waals surface area contributed by atoms with E-state index < -0.39 is 0 Å². The average molecular weight is 278 g/mol. The van der Waals surface area contributed by atoms with E-state index in [1.165, 1.54) is 0 Å². The standard InChI is InChI=1S/C16H26N2O2/c1-10-12(11(2)18(7)17-10)8-14(19)13-9-15(3,4)20-16(13,5)6/h13H,8-9H2,1-7H3. The summed E-state index contributed by atoms with van der Waals surface area (Å²) in [6.45, 7) is 12.1. The number of ketones is 1. The van der Waals surface area contributed by atoms with Crippen LogP contribution < -0.4 is 0 Å². The van der Waals surface area contributed by atoms with Gasteiger partial charge in [-0.05, 0) is 48.0 Å². The topological polar surface area (TPSA) is 44.1 Å². The van der Waals surface area contributed by atoms with Gasteiger partial charge in [0, 0.05) is 30.6 Å². The fraction of sp³-hybridized carbons (Fsp3) is 0.750. The van der Waals surface area contributed by atoms with E-state index in [1.807, 2.05) is 39.4 Å². The Kier molecular flexibility index (Phi) is 3.57. The molecule has 1 saturated heterocycles. The average Bonchev–Trinajstić information content (AvgIpc) is 2.64. The molecule has 2 heterocycles. The monoisotopic (exact) mass is 278 g/mol. The van der Waals surface area contributed by atoms with Gasteiger partial charge in [0.2, 0.25) is 0 Å². The molecule has 0 aliphatic carbocycles. The van der Waals surface area contributed by atoms with Crippen molar-refractivity contribution in [2.45, 2.75) is 65.6 Å². The van der Waals surface area contributed by atoms with Crippen LogP contribution in [-0.2, 0) is 23.0 Å². The third-order valence-corrected chi connectivity index (χ3v) is 4.47. The maximum absolute atomic E-state index is 12.7. The normalized spacial score (nSPS) is 24.1. The molecule has 2 rings (SSSR count). The minimum atomic E-state index is -0.384. The summed E-state index contributed by atoms with van der Waals surface area (Å²) in [5.74, 6) is 0.219. The second kappa shape index (κ2) is 4.69. The summed E-state index contributed by atoms with van der Waals surface area (Å²) >= 11 is 0. The molecule has 0 spiro atoms. The first-order valence-corrected chi connectivity index (χ1v) is 7.25. The van der Waals surface area contributed by atoms with Gasteiger partial charge >= 0.3 is 0 Å². The van der Waals surface area contributed by atoms with Gasteiger partial charge in [0.25, 0.3) is 0 Å². The molecule has 1 aromatic heterocycles. The van der Waals surface area contributed by atoms with Crippen LogP contribution in [0.2, 0.25) is 0 Å². The molecule has 4 nitrogen and oxygen atoms in total. The maximum atomic E-state index is 12.7. The summed E-state index contributed by atoms with van der Waals surface area (Å²) in [7, 11) is 1.92. The lowest BCUT2D eigenvalue weighted by Crippen LogP contribution is -2.34. The van der Waals surface area contributed by atoms with E-state index in [-0.39, 0.29) is 22.9 Å². The van der Waals surface area contributed by atoms with Crippen molar-refractivity contribution in [3.05, 3.63) is 17.0 Å². The van der Waals surface area contributed by atoms with Crippen LogP contribution in [0.3, 0.4) is 0 Å². The molecule has 112 valence electrons. The molecule has 1 aliphatic heterocycles. The zero-order valence-corrected chi connectivity index (χ0v) is 13.7. The SMILES string of the molecule is Cc1nn(C)c(C)c1CC(=O)C1CC(C)(C)OC1(C)C. The minimum Gasteiger partial charge on any atom is -0.369 e. The Morgan fingerprint density at radius 3 is 2.35 bits per heavy atom. The zero-order valence-electron chi connectivity index (χ0n) is 13.7. The van der Waals surface area contributed by atoms with E-state index in [4.69, 9.17) is 4.74 Å². The number of aromatic nitrogens is 2. The molecule has 0 radical (unpaired) electrons. The van der Waals surface area contributed by atoms with Crippen LogP contribution in [0.15, 0.2) is 0 Å². The molecular weight excluding hydrogens is 252 g/mol. The van der Waals surface area contributed by atoms with Crippen LogP contribution in [0.4, 0.5) is 0 Å². The lowest BCUT2D eigenvalue weighted by molar-refractivity contribution is -0.128. The number of carbonyl (C=O) groups excluding carboxylic acids is 1. The van der Waals surface area contributed by atoms with Gasteiger partial charge in [-0.2, -0.15) is 5.10 Å². The molecule has 0 saturated carbocycles. The van der Waals surface area contributed by atoms with Crippen molar-refractivity contribution in [1.82, 2.24) is 9.78 Å². The number of Topliss-reactive ketones (excluding diaryl/α,β-unsaturated/α-hetero) is 1. The highest BCUT2D eigenvalue weighted by atomic mass is 16.5. The molecule has 1 aromatic rings. The number of hydrogen-bond acceptors (Lipinski definition) is 3. The van der Waals surface area contributed by atoms with E-state index in [1.54, 1.807) is 0 Å². The van der Waals surface area contributed by atoms with Crippen molar-refractivity contribution in [3.63, 3.8) is 0 Å². The third kappa shape index (κ3) is 2.66. The first-order valence-electron chi connectivity index (χ1n) is 7.25. The second-order valence-electron chi connectivity index (χ2n) is 7.14. The van der Waals surface area contributed by atoms with Gasteiger partial charge in [-0.25, -0.2) is 0 Å². The molecule has 0 bridgehead atoms. The van der Waals surface area contributed by atoms with Gasteiger partial charge in [-0.3, -0.25) is 9.48 Å². The summed E-state index contributed by atoms with van der Waals surface area (Å²) in [4.78, 5) is 12.7. The van der Waals surface area contributed by atoms with Crippen molar-refractivity contribution in [1.29, 1.82) is 0 Å². The number of hydrogen-bond donors (Lipinski definition) is 0. The number of carbonyl (C=O) groups is 1. The van der Waals surface area contributed by atoms with Crippen LogP contribution in [0.25, 0.3) is 0 Å². The molecule has 20 heavy (non-hydrogen) atoms. The van der Waals surface area contributed by atoms with Gasteiger partial charge in [-0.1, -0.05) is 0 Å². The molecule has 0 N–H and O–H groups in total. The van der Waals surface area contributed by atoms with Crippen LogP contribution >= 0.6 is 0 Å². The van der Waals surface area contributed by atoms with Crippen LogP contribution in [0.5, 0.6) is 0 Å². The van der Waals surface area contributed by atoms with Gasteiger partial charge in [0.1, 0.15) is 5.78 Å². The summed E-state index contributed by atoms with van der Waals surface area (Å²) in [6, 6.07) is 0. The number of aryl methyl sites for hydroxylation is 2. The zero-order chi connectivity index (χ0) is 15.3. The summed E-state index contributed by atoms with van der Waals surface area (Å²) in [5, 5.41) is 4.39. The molecule has 1 atom stereocenters. The second-order valence-corrected chi connectivity index (χ2v) is 7.14. The van der Waals surface area contributed by atoms with Crippen LogP contribution in [-0.4, -0.2) is 26.8 Å². The van der Waals surface area contributed by atoms with Gasteiger partial charge in [0.15, 0.2) is 0 Å². The van der Waals surface area contributed by atoms with Gasteiger partial charge < -0.3 is 4.74 Å². The first-order chi connectivity index (χ1) is 9.03. The van der Waals surface area contributed by atoms with Crippen molar-refractivity contribution in [2.75, 3.05) is 0 Å². The fourth-order valence-electron chi connectivity index (χ4n) is 3.43. The summed E-state index contributed by atoms with van der Waals surface area (Å²) in [6.07, 6.45) is 1.25. The molecule has 0 amide bonds. The molecule has 1 fully saturated rings. The third-order valence-electron chi connectivity index (χ3n) is 4.47. The van der Waals surface area contributed by atoms with Crippen molar-refractivity contribution in [2.24, 2.45) is 13.0 Å².